The molecule has 0 aliphatic carbocycles. The van der Waals surface area contributed by atoms with E-state index in [1.54, 1.807) is 0 Å². The van der Waals surface area contributed by atoms with E-state index in [0.29, 0.717) is 38.3 Å². The molecule has 1 fully saturated rings. The topological polar surface area (TPSA) is 72.9 Å². The van der Waals surface area contributed by atoms with Crippen LogP contribution in [0.2, 0.25) is 0 Å². The summed E-state index contributed by atoms with van der Waals surface area (Å²) in [4.78, 5) is 29.3. The molecule has 2 aliphatic heterocycles. The predicted molar refractivity (Wildman–Crippen MR) is 132 cm³/mol. The number of carbonyl (C=O) groups is 2. The van der Waals surface area contributed by atoms with E-state index in [9.17, 15) is 14.7 Å². The molecule has 34 heavy (non-hydrogen) atoms. The number of amides is 1. The van der Waals surface area contributed by atoms with Crippen molar-refractivity contribution in [2.45, 2.75) is 12.1 Å². The molecule has 172 valence electrons. The maximum atomic E-state index is 13.0. The summed E-state index contributed by atoms with van der Waals surface area (Å²) in [6.07, 6.45) is 1.81. The first kappa shape index (κ1) is 21.9. The van der Waals surface area contributed by atoms with Crippen LogP contribution in [0.3, 0.4) is 0 Å². The summed E-state index contributed by atoms with van der Waals surface area (Å²) in [5, 5.41) is 13.6. The van der Waals surface area contributed by atoms with Crippen LogP contribution in [0.1, 0.15) is 16.7 Å². The molecule has 6 nitrogen and oxygen atoms in total. The van der Waals surface area contributed by atoms with Crippen molar-refractivity contribution in [3.63, 3.8) is 0 Å². The summed E-state index contributed by atoms with van der Waals surface area (Å²) in [5.41, 5.74) is 3.02. The number of benzene rings is 3. The summed E-state index contributed by atoms with van der Waals surface area (Å²) in [6, 6.07) is 27.4. The van der Waals surface area contributed by atoms with Crippen LogP contribution in [-0.4, -0.2) is 53.0 Å². The number of anilines is 1. The number of aliphatic carboxylic acids is 1. The van der Waals surface area contributed by atoms with Crippen molar-refractivity contribution in [1.29, 1.82) is 0 Å². The van der Waals surface area contributed by atoms with Gasteiger partial charge in [0.25, 0.3) is 0 Å². The highest BCUT2D eigenvalue weighted by Crippen LogP contribution is 2.40. The van der Waals surface area contributed by atoms with Gasteiger partial charge in [-0.15, -0.1) is 0 Å². The van der Waals surface area contributed by atoms with E-state index in [-0.39, 0.29) is 11.5 Å². The van der Waals surface area contributed by atoms with Crippen molar-refractivity contribution in [3.05, 3.63) is 108 Å². The maximum Gasteiger partial charge on any atom is 0.336 e. The molecule has 0 spiro atoms. The molecule has 2 heterocycles. The van der Waals surface area contributed by atoms with Gasteiger partial charge in [-0.3, -0.25) is 9.69 Å². The van der Waals surface area contributed by atoms with Crippen molar-refractivity contribution < 1.29 is 14.7 Å². The highest BCUT2D eigenvalue weighted by atomic mass is 16.4. The number of nitrogens with one attached hydrogen (secondary N) is 1. The highest BCUT2D eigenvalue weighted by molar-refractivity contribution is 6.18. The smallest absolute Gasteiger partial charge is 0.336 e. The normalized spacial score (nSPS) is 20.3. The van der Waals surface area contributed by atoms with Crippen LogP contribution in [-0.2, 0) is 21.7 Å². The number of carboxylic acid groups (broad SMARTS) is 1. The molecule has 0 saturated carbocycles. The van der Waals surface area contributed by atoms with Crippen LogP contribution in [0.5, 0.6) is 0 Å². The van der Waals surface area contributed by atoms with E-state index in [4.69, 9.17) is 0 Å². The van der Waals surface area contributed by atoms with E-state index in [0.717, 1.165) is 16.8 Å². The average molecular weight is 454 g/mol. The lowest BCUT2D eigenvalue weighted by molar-refractivity contribution is -0.137. The van der Waals surface area contributed by atoms with E-state index < -0.39 is 11.5 Å². The Morgan fingerprint density at radius 2 is 1.59 bits per heavy atom. The number of carbonyl (C=O) groups excluding carboxylic acids is 1. The molecule has 2 N–H and O–H groups in total. The van der Waals surface area contributed by atoms with Crippen LogP contribution < -0.4 is 5.32 Å². The number of piperazine rings is 1. The summed E-state index contributed by atoms with van der Waals surface area (Å²) < 4.78 is 0. The Kier molecular flexibility index (Phi) is 5.90. The van der Waals surface area contributed by atoms with E-state index >= 15 is 0 Å². The van der Waals surface area contributed by atoms with Gasteiger partial charge in [-0.2, -0.15) is 0 Å². The Balaban J connectivity index is 1.43. The Morgan fingerprint density at radius 3 is 2.29 bits per heavy atom. The minimum absolute atomic E-state index is 0.0805. The first-order chi connectivity index (χ1) is 16.5. The van der Waals surface area contributed by atoms with E-state index in [1.165, 1.54) is 0 Å². The van der Waals surface area contributed by atoms with Gasteiger partial charge in [-0.1, -0.05) is 78.9 Å². The fourth-order valence-corrected chi connectivity index (χ4v) is 4.89. The summed E-state index contributed by atoms with van der Waals surface area (Å²) in [7, 11) is 0. The molecule has 0 bridgehead atoms. The van der Waals surface area contributed by atoms with Gasteiger partial charge in [0.2, 0.25) is 5.91 Å². The molecule has 0 aromatic heterocycles. The first-order valence-corrected chi connectivity index (χ1v) is 11.5. The van der Waals surface area contributed by atoms with Crippen LogP contribution in [0, 0.1) is 0 Å². The highest BCUT2D eigenvalue weighted by Gasteiger charge is 2.39. The lowest BCUT2D eigenvalue weighted by Crippen LogP contribution is -2.55. The second-order valence-electron chi connectivity index (χ2n) is 8.88. The minimum atomic E-state index is -0.960. The van der Waals surface area contributed by atoms with Gasteiger partial charge in [0.15, 0.2) is 0 Å². The fourth-order valence-electron chi connectivity index (χ4n) is 4.89. The standard InChI is InChI=1S/C28H27N3O3/c32-26-19-30(15-16-31(26)18-21-9-3-1-4-10-21)20-28(22-11-5-2-6-12-22)17-24(27(33)34)23-13-7-8-14-25(23)29-28/h1-14,17,29H,15-16,18-20H2,(H,33,34). The number of hydrogen-bond donors (Lipinski definition) is 2. The second kappa shape index (κ2) is 9.15. The van der Waals surface area contributed by atoms with Gasteiger partial charge >= 0.3 is 5.97 Å². The number of rotatable bonds is 6. The summed E-state index contributed by atoms with van der Waals surface area (Å²) >= 11 is 0. The third kappa shape index (κ3) is 4.32. The van der Waals surface area contributed by atoms with Crippen molar-refractivity contribution in [2.24, 2.45) is 0 Å². The molecule has 1 amide bonds. The molecule has 3 aromatic rings. The molecule has 6 heteroatoms. The van der Waals surface area contributed by atoms with Crippen molar-refractivity contribution in [1.82, 2.24) is 9.80 Å². The predicted octanol–water partition coefficient (Wildman–Crippen LogP) is 3.82. The van der Waals surface area contributed by atoms with Crippen molar-refractivity contribution in [3.8, 4) is 0 Å². The molecule has 1 saturated heterocycles. The maximum absolute atomic E-state index is 13.0. The molecule has 5 rings (SSSR count). The molecule has 3 aromatic carbocycles. The Bertz CT molecular complexity index is 1230. The molecule has 0 radical (unpaired) electrons. The molecule has 1 unspecified atom stereocenters. The second-order valence-corrected chi connectivity index (χ2v) is 8.88. The quantitative estimate of drug-likeness (QED) is 0.594. The Hall–Kier alpha value is -3.90. The first-order valence-electron chi connectivity index (χ1n) is 11.5. The SMILES string of the molecule is O=C(O)C1=CC(CN2CCN(Cc3ccccc3)C(=O)C2)(c2ccccc2)Nc2ccccc21. The van der Waals surface area contributed by atoms with Gasteiger partial charge < -0.3 is 15.3 Å². The molecular formula is C28H27N3O3. The molecule has 1 atom stereocenters. The number of fused-ring (bicyclic) bond motifs is 1. The number of hydrogen-bond acceptors (Lipinski definition) is 4. The van der Waals surface area contributed by atoms with Crippen LogP contribution in [0.15, 0.2) is 91.0 Å². The fraction of sp³-hybridized carbons (Fsp3) is 0.214. The van der Waals surface area contributed by atoms with Crippen LogP contribution >= 0.6 is 0 Å². The zero-order chi connectivity index (χ0) is 23.5. The van der Waals surface area contributed by atoms with Crippen LogP contribution in [0.4, 0.5) is 5.69 Å². The Labute approximate surface area is 199 Å². The van der Waals surface area contributed by atoms with Gasteiger partial charge in [0.05, 0.1) is 17.7 Å². The summed E-state index contributed by atoms with van der Waals surface area (Å²) in [6.45, 7) is 2.72. The van der Waals surface area contributed by atoms with Crippen molar-refractivity contribution >= 4 is 23.1 Å². The number of nitrogens with zero attached hydrogens (tertiary/aromatic N) is 2. The summed E-state index contributed by atoms with van der Waals surface area (Å²) in [5.74, 6) is -0.880. The minimum Gasteiger partial charge on any atom is -0.478 e. The van der Waals surface area contributed by atoms with Gasteiger partial charge in [-0.05, 0) is 23.3 Å². The van der Waals surface area contributed by atoms with E-state index in [1.807, 2.05) is 95.9 Å². The van der Waals surface area contributed by atoms with Gasteiger partial charge in [-0.25, -0.2) is 4.79 Å². The zero-order valence-corrected chi connectivity index (χ0v) is 18.9. The third-order valence-corrected chi connectivity index (χ3v) is 6.57. The lowest BCUT2D eigenvalue weighted by Gasteiger charge is -2.43. The lowest BCUT2D eigenvalue weighted by atomic mass is 9.81. The monoisotopic (exact) mass is 453 g/mol. The number of carboxylic acids is 1. The number of para-hydroxylation sites is 1. The largest absolute Gasteiger partial charge is 0.478 e. The Morgan fingerprint density at radius 1 is 0.912 bits per heavy atom. The average Bonchev–Trinajstić information content (AvgIpc) is 2.86. The van der Waals surface area contributed by atoms with Crippen molar-refractivity contribution in [2.75, 3.05) is 31.5 Å². The zero-order valence-electron chi connectivity index (χ0n) is 18.9. The third-order valence-electron chi connectivity index (χ3n) is 6.57. The van der Waals surface area contributed by atoms with Gasteiger partial charge in [0, 0.05) is 37.4 Å². The molecule has 2 aliphatic rings. The molecular weight excluding hydrogens is 426 g/mol. The van der Waals surface area contributed by atoms with Gasteiger partial charge in [0.1, 0.15) is 0 Å². The van der Waals surface area contributed by atoms with E-state index in [2.05, 4.69) is 10.2 Å². The van der Waals surface area contributed by atoms with Crippen LogP contribution in [0.25, 0.3) is 5.57 Å².